The Hall–Kier alpha value is -3.28. The van der Waals surface area contributed by atoms with Crippen LogP contribution in [0.3, 0.4) is 0 Å². The first-order valence-electron chi connectivity index (χ1n) is 10.5. The molecule has 2 rings (SSSR count). The minimum absolute atomic E-state index is 0.0962. The number of carbonyl (C=O) groups is 1. The summed E-state index contributed by atoms with van der Waals surface area (Å²) in [5.74, 6) is 0.534. The maximum atomic E-state index is 13.0. The lowest BCUT2D eigenvalue weighted by atomic mass is 10.0. The van der Waals surface area contributed by atoms with E-state index in [1.807, 2.05) is 19.9 Å². The first kappa shape index (κ1) is 26.0. The number of halogens is 3. The van der Waals surface area contributed by atoms with Gasteiger partial charge in [-0.15, -0.1) is 0 Å². The molecule has 1 aromatic heterocycles. The highest BCUT2D eigenvalue weighted by molar-refractivity contribution is 5.68. The van der Waals surface area contributed by atoms with E-state index < -0.39 is 23.6 Å². The van der Waals surface area contributed by atoms with Crippen LogP contribution in [0.15, 0.2) is 36.5 Å². The van der Waals surface area contributed by atoms with Crippen molar-refractivity contribution in [3.63, 3.8) is 0 Å². The van der Waals surface area contributed by atoms with E-state index in [9.17, 15) is 23.2 Å². The summed E-state index contributed by atoms with van der Waals surface area (Å²) in [7, 11) is 0. The third-order valence-corrected chi connectivity index (χ3v) is 4.40. The lowest BCUT2D eigenvalue weighted by Gasteiger charge is -2.25. The van der Waals surface area contributed by atoms with Crippen molar-refractivity contribution in [1.29, 1.82) is 5.26 Å². The van der Waals surface area contributed by atoms with Crippen LogP contribution in [-0.2, 0) is 10.9 Å². The number of alkyl carbamates (subject to hydrolysis) is 1. The SMILES string of the molecule is CC(C)C[C@@H](COc1ccc(-c2ccnc(C(F)(F)F)c2)cc1C#N)NC(=O)OC(C)(C)C. The number of carbonyl (C=O) groups excluding carboxylic acids is 1. The lowest BCUT2D eigenvalue weighted by molar-refractivity contribution is -0.141. The van der Waals surface area contributed by atoms with Crippen LogP contribution in [0.5, 0.6) is 5.75 Å². The average molecular weight is 464 g/mol. The molecule has 1 aromatic carbocycles. The van der Waals surface area contributed by atoms with Gasteiger partial charge in [0.05, 0.1) is 11.6 Å². The summed E-state index contributed by atoms with van der Waals surface area (Å²) >= 11 is 0. The van der Waals surface area contributed by atoms with E-state index in [-0.39, 0.29) is 35.4 Å². The number of ether oxygens (including phenoxy) is 2. The minimum atomic E-state index is -4.57. The van der Waals surface area contributed by atoms with Crippen LogP contribution in [0.1, 0.15) is 52.3 Å². The van der Waals surface area contributed by atoms with Gasteiger partial charge in [0, 0.05) is 6.20 Å². The zero-order valence-electron chi connectivity index (χ0n) is 19.3. The Balaban J connectivity index is 2.18. The van der Waals surface area contributed by atoms with Gasteiger partial charge in [-0.2, -0.15) is 18.4 Å². The molecule has 0 saturated heterocycles. The zero-order valence-corrected chi connectivity index (χ0v) is 19.3. The van der Waals surface area contributed by atoms with Crippen LogP contribution in [-0.4, -0.2) is 29.3 Å². The number of pyridine rings is 1. The Morgan fingerprint density at radius 1 is 1.15 bits per heavy atom. The highest BCUT2D eigenvalue weighted by Crippen LogP contribution is 2.32. The number of nitrogens with one attached hydrogen (secondary N) is 1. The molecule has 0 aliphatic rings. The number of hydrogen-bond acceptors (Lipinski definition) is 5. The smallest absolute Gasteiger partial charge is 0.433 e. The molecule has 178 valence electrons. The second-order valence-electron chi connectivity index (χ2n) is 9.03. The van der Waals surface area contributed by atoms with E-state index in [1.54, 1.807) is 26.8 Å². The average Bonchev–Trinajstić information content (AvgIpc) is 2.69. The van der Waals surface area contributed by atoms with Gasteiger partial charge in [-0.05, 0) is 68.5 Å². The Labute approximate surface area is 191 Å². The van der Waals surface area contributed by atoms with Crippen molar-refractivity contribution in [2.75, 3.05) is 6.61 Å². The molecule has 0 fully saturated rings. The van der Waals surface area contributed by atoms with E-state index in [0.29, 0.717) is 12.0 Å². The lowest BCUT2D eigenvalue weighted by Crippen LogP contribution is -2.42. The van der Waals surface area contributed by atoms with Gasteiger partial charge in [-0.3, -0.25) is 4.98 Å². The number of aromatic nitrogens is 1. The number of alkyl halides is 3. The van der Waals surface area contributed by atoms with Gasteiger partial charge in [0.15, 0.2) is 0 Å². The van der Waals surface area contributed by atoms with Crippen molar-refractivity contribution in [2.24, 2.45) is 5.92 Å². The number of hydrogen-bond donors (Lipinski definition) is 1. The summed E-state index contributed by atoms with van der Waals surface area (Å²) in [6.07, 6.45) is -3.43. The molecule has 0 spiro atoms. The fourth-order valence-corrected chi connectivity index (χ4v) is 3.09. The highest BCUT2D eigenvalue weighted by Gasteiger charge is 2.32. The molecule has 1 N–H and O–H groups in total. The molecule has 0 unspecified atom stereocenters. The van der Waals surface area contributed by atoms with Crippen LogP contribution < -0.4 is 10.1 Å². The van der Waals surface area contributed by atoms with Crippen LogP contribution in [0, 0.1) is 17.2 Å². The fourth-order valence-electron chi connectivity index (χ4n) is 3.09. The largest absolute Gasteiger partial charge is 0.490 e. The number of nitrogens with zero attached hydrogens (tertiary/aromatic N) is 2. The van der Waals surface area contributed by atoms with Gasteiger partial charge < -0.3 is 14.8 Å². The molecule has 0 radical (unpaired) electrons. The van der Waals surface area contributed by atoms with Crippen LogP contribution in [0.4, 0.5) is 18.0 Å². The quantitative estimate of drug-likeness (QED) is 0.548. The van der Waals surface area contributed by atoms with E-state index >= 15 is 0 Å². The molecular weight excluding hydrogens is 435 g/mol. The molecule has 0 bridgehead atoms. The van der Waals surface area contributed by atoms with Gasteiger partial charge in [0.2, 0.25) is 0 Å². The molecular formula is C24H28F3N3O3. The monoisotopic (exact) mass is 463 g/mol. The van der Waals surface area contributed by atoms with E-state index in [1.165, 1.54) is 18.2 Å². The van der Waals surface area contributed by atoms with Crippen molar-refractivity contribution >= 4 is 6.09 Å². The van der Waals surface area contributed by atoms with Gasteiger partial charge in [-0.25, -0.2) is 4.79 Å². The van der Waals surface area contributed by atoms with E-state index in [2.05, 4.69) is 10.3 Å². The number of amides is 1. The highest BCUT2D eigenvalue weighted by atomic mass is 19.4. The normalized spacial score (nSPS) is 12.7. The van der Waals surface area contributed by atoms with Crippen LogP contribution >= 0.6 is 0 Å². The van der Waals surface area contributed by atoms with Crippen molar-refractivity contribution < 1.29 is 27.4 Å². The van der Waals surface area contributed by atoms with Crippen LogP contribution in [0.25, 0.3) is 11.1 Å². The summed E-state index contributed by atoms with van der Waals surface area (Å²) in [6, 6.07) is 8.59. The number of nitriles is 1. The summed E-state index contributed by atoms with van der Waals surface area (Å²) < 4.78 is 50.0. The fraction of sp³-hybridized carbons (Fsp3) is 0.458. The Bertz CT molecular complexity index is 1010. The summed E-state index contributed by atoms with van der Waals surface area (Å²) in [4.78, 5) is 15.5. The maximum absolute atomic E-state index is 13.0. The molecule has 1 heterocycles. The van der Waals surface area contributed by atoms with Gasteiger partial charge in [-0.1, -0.05) is 19.9 Å². The molecule has 33 heavy (non-hydrogen) atoms. The predicted octanol–water partition coefficient (Wildman–Crippen LogP) is 5.96. The van der Waals surface area contributed by atoms with E-state index in [0.717, 1.165) is 12.3 Å². The van der Waals surface area contributed by atoms with Crippen molar-refractivity contribution in [3.05, 3.63) is 47.8 Å². The molecule has 9 heteroatoms. The first-order chi connectivity index (χ1) is 15.3. The molecule has 0 aliphatic carbocycles. The number of benzene rings is 1. The predicted molar refractivity (Wildman–Crippen MR) is 117 cm³/mol. The van der Waals surface area contributed by atoms with Gasteiger partial charge >= 0.3 is 12.3 Å². The molecule has 0 aliphatic heterocycles. The zero-order chi connectivity index (χ0) is 24.8. The second kappa shape index (κ2) is 10.6. The van der Waals surface area contributed by atoms with Crippen molar-refractivity contribution in [2.45, 2.75) is 58.9 Å². The van der Waals surface area contributed by atoms with Crippen molar-refractivity contribution in [3.8, 4) is 22.9 Å². The van der Waals surface area contributed by atoms with Crippen LogP contribution in [0.2, 0.25) is 0 Å². The third kappa shape index (κ3) is 8.29. The maximum Gasteiger partial charge on any atom is 0.433 e. The first-order valence-corrected chi connectivity index (χ1v) is 10.5. The summed E-state index contributed by atoms with van der Waals surface area (Å²) in [5, 5.41) is 12.3. The topological polar surface area (TPSA) is 84.2 Å². The van der Waals surface area contributed by atoms with E-state index in [4.69, 9.17) is 9.47 Å². The Morgan fingerprint density at radius 2 is 1.82 bits per heavy atom. The summed E-state index contributed by atoms with van der Waals surface area (Å²) in [6.45, 7) is 9.40. The molecule has 0 saturated carbocycles. The minimum Gasteiger partial charge on any atom is -0.490 e. The van der Waals surface area contributed by atoms with Gasteiger partial charge in [0.25, 0.3) is 0 Å². The number of rotatable bonds is 7. The van der Waals surface area contributed by atoms with Crippen molar-refractivity contribution in [1.82, 2.24) is 10.3 Å². The molecule has 1 amide bonds. The van der Waals surface area contributed by atoms with Gasteiger partial charge in [0.1, 0.15) is 29.7 Å². The molecule has 6 nitrogen and oxygen atoms in total. The molecule has 2 aromatic rings. The third-order valence-electron chi connectivity index (χ3n) is 4.40. The summed E-state index contributed by atoms with van der Waals surface area (Å²) in [5.41, 5.74) is -0.778. The second-order valence-corrected chi connectivity index (χ2v) is 9.03. The standard InChI is InChI=1S/C24H28F3N3O3/c1-15(2)10-19(30-22(31)33-23(3,4)5)14-32-20-7-6-16(11-18(20)13-28)17-8-9-29-21(12-17)24(25,26)27/h6-9,11-12,15,19H,10,14H2,1-5H3,(H,30,31)/t19-/m0/s1. The Kier molecular flexibility index (Phi) is 8.31. The Morgan fingerprint density at radius 3 is 2.39 bits per heavy atom. The molecule has 1 atom stereocenters.